The molecule has 0 spiro atoms. The lowest BCUT2D eigenvalue weighted by atomic mass is 9.97. The third kappa shape index (κ3) is 6.62. The topological polar surface area (TPSA) is 94.8 Å². The number of fused-ring (bicyclic) bond motifs is 1. The summed E-state index contributed by atoms with van der Waals surface area (Å²) in [6.07, 6.45) is 6.84. The molecule has 2 aromatic rings. The number of anilines is 1. The van der Waals surface area contributed by atoms with E-state index in [1.165, 1.54) is 18.2 Å². The van der Waals surface area contributed by atoms with Gasteiger partial charge in [-0.1, -0.05) is 12.6 Å². The maximum atomic E-state index is 13.8. The zero-order valence-electron chi connectivity index (χ0n) is 24.0. The third-order valence-corrected chi connectivity index (χ3v) is 8.59. The van der Waals surface area contributed by atoms with Gasteiger partial charge in [-0.25, -0.2) is 9.37 Å². The number of hydrogen-bond donors (Lipinski definition) is 0. The molecule has 0 saturated carbocycles. The van der Waals surface area contributed by atoms with E-state index in [9.17, 15) is 14.4 Å². The Morgan fingerprint density at radius 3 is 2.88 bits per heavy atom. The summed E-state index contributed by atoms with van der Waals surface area (Å²) < 4.78 is 26.1. The van der Waals surface area contributed by atoms with Gasteiger partial charge < -0.3 is 24.2 Å². The number of carbonyl (C=O) groups excluding carboxylic acids is 1. The molecule has 5 rings (SSSR count). The fourth-order valence-corrected chi connectivity index (χ4v) is 6.18. The van der Waals surface area contributed by atoms with Crippen LogP contribution in [0.3, 0.4) is 0 Å². The monoisotopic (exact) mass is 562 g/mol. The molecule has 0 aliphatic carbocycles. The Morgan fingerprint density at radius 2 is 2.12 bits per heavy atom. The normalized spacial score (nSPS) is 22.5. The summed E-state index contributed by atoms with van der Waals surface area (Å²) >= 11 is 0. The number of halogens is 1. The molecular formula is C31H39FN6O3. The first-order valence-corrected chi connectivity index (χ1v) is 14.6. The number of aromatic nitrogens is 2. The molecule has 3 aliphatic rings. The zero-order chi connectivity index (χ0) is 28.9. The summed E-state index contributed by atoms with van der Waals surface area (Å²) in [6, 6.07) is 7.39. The minimum atomic E-state index is -0.295. The Hall–Kier alpha value is -3.71. The highest BCUT2D eigenvalue weighted by molar-refractivity contribution is 5.87. The van der Waals surface area contributed by atoms with Crippen molar-refractivity contribution in [1.82, 2.24) is 19.8 Å². The summed E-state index contributed by atoms with van der Waals surface area (Å²) in [7, 11) is 2.11. The number of amides is 1. The number of nitriles is 1. The maximum absolute atomic E-state index is 13.8. The van der Waals surface area contributed by atoms with Crippen LogP contribution in [0.15, 0.2) is 30.9 Å². The van der Waals surface area contributed by atoms with Crippen LogP contribution in [0.2, 0.25) is 0 Å². The van der Waals surface area contributed by atoms with Gasteiger partial charge >= 0.3 is 6.01 Å². The van der Waals surface area contributed by atoms with E-state index in [-0.39, 0.29) is 30.3 Å². The predicted molar refractivity (Wildman–Crippen MR) is 154 cm³/mol. The highest BCUT2D eigenvalue weighted by Gasteiger charge is 2.32. The number of piperazine rings is 1. The summed E-state index contributed by atoms with van der Waals surface area (Å²) in [5, 5.41) is 9.48. The first-order valence-electron chi connectivity index (χ1n) is 14.6. The second-order valence-corrected chi connectivity index (χ2v) is 11.2. The summed E-state index contributed by atoms with van der Waals surface area (Å²) in [5.41, 5.74) is 2.88. The Kier molecular flexibility index (Phi) is 9.03. The number of aryl methyl sites for hydroxylation is 2. The molecule has 0 N–H and O–H groups in total. The molecule has 2 unspecified atom stereocenters. The molecule has 3 atom stereocenters. The van der Waals surface area contributed by atoms with Gasteiger partial charge in [-0.15, -0.1) is 0 Å². The van der Waals surface area contributed by atoms with E-state index in [4.69, 9.17) is 19.4 Å². The number of ether oxygens (including phenoxy) is 2. The summed E-state index contributed by atoms with van der Waals surface area (Å²) in [6.45, 7) is 8.72. The average molecular weight is 563 g/mol. The molecule has 2 saturated heterocycles. The van der Waals surface area contributed by atoms with Crippen molar-refractivity contribution in [3.8, 4) is 17.8 Å². The Bertz CT molecular complexity index is 1310. The number of rotatable bonds is 9. The van der Waals surface area contributed by atoms with Gasteiger partial charge in [0.15, 0.2) is 0 Å². The molecule has 2 fully saturated rings. The van der Waals surface area contributed by atoms with Crippen molar-refractivity contribution in [3.05, 3.63) is 53.5 Å². The summed E-state index contributed by atoms with van der Waals surface area (Å²) in [4.78, 5) is 28.3. The molecule has 0 radical (unpaired) electrons. The smallest absolute Gasteiger partial charge is 0.318 e. The Labute approximate surface area is 241 Å². The second kappa shape index (κ2) is 12.9. The van der Waals surface area contributed by atoms with E-state index in [2.05, 4.69) is 29.5 Å². The third-order valence-electron chi connectivity index (χ3n) is 8.59. The molecule has 10 heteroatoms. The van der Waals surface area contributed by atoms with Crippen LogP contribution in [0.5, 0.6) is 11.8 Å². The van der Waals surface area contributed by atoms with Crippen molar-refractivity contribution < 1.29 is 18.7 Å². The number of carbonyl (C=O) groups is 1. The van der Waals surface area contributed by atoms with E-state index in [1.807, 2.05) is 6.92 Å². The van der Waals surface area contributed by atoms with Crippen molar-refractivity contribution in [2.45, 2.75) is 70.1 Å². The van der Waals surface area contributed by atoms with Crippen LogP contribution in [0.4, 0.5) is 10.2 Å². The minimum Gasteiger partial charge on any atom is -0.490 e. The zero-order valence-corrected chi connectivity index (χ0v) is 24.0. The lowest BCUT2D eigenvalue weighted by Crippen LogP contribution is -2.55. The van der Waals surface area contributed by atoms with E-state index < -0.39 is 0 Å². The first kappa shape index (κ1) is 28.8. The predicted octanol–water partition coefficient (Wildman–Crippen LogP) is 3.84. The fourth-order valence-electron chi connectivity index (χ4n) is 6.18. The van der Waals surface area contributed by atoms with E-state index in [0.29, 0.717) is 50.5 Å². The van der Waals surface area contributed by atoms with Gasteiger partial charge in [0.25, 0.3) is 0 Å². The average Bonchev–Trinajstić information content (AvgIpc) is 3.39. The van der Waals surface area contributed by atoms with Crippen LogP contribution in [0.1, 0.15) is 48.9 Å². The van der Waals surface area contributed by atoms with Crippen LogP contribution in [-0.2, 0) is 17.6 Å². The Morgan fingerprint density at radius 1 is 1.27 bits per heavy atom. The largest absolute Gasteiger partial charge is 0.490 e. The van der Waals surface area contributed by atoms with Crippen LogP contribution < -0.4 is 14.4 Å². The highest BCUT2D eigenvalue weighted by Crippen LogP contribution is 2.32. The molecule has 41 heavy (non-hydrogen) atoms. The number of nitrogens with zero attached hydrogens (tertiary/aromatic N) is 6. The number of hydrogen-bond acceptors (Lipinski definition) is 8. The number of likely N-dealkylation sites (tertiary alicyclic amines) is 1. The first-order chi connectivity index (χ1) is 19.9. The highest BCUT2D eigenvalue weighted by atomic mass is 19.1. The molecule has 4 heterocycles. The summed E-state index contributed by atoms with van der Waals surface area (Å²) in [5.74, 6) is 0.941. The second-order valence-electron chi connectivity index (χ2n) is 11.2. The van der Waals surface area contributed by atoms with E-state index in [0.717, 1.165) is 61.3 Å². The van der Waals surface area contributed by atoms with E-state index >= 15 is 0 Å². The maximum Gasteiger partial charge on any atom is 0.318 e. The fraction of sp³-hybridized carbons (Fsp3) is 0.548. The van der Waals surface area contributed by atoms with Crippen molar-refractivity contribution in [2.24, 2.45) is 0 Å². The SMILES string of the molecule is C=CC(=O)N1CCN(c2nc(OCC3CCCN3C)nc(C)c2CC[C@@H]2CCc3ccc(F)cc3O2)CC1CC#N. The van der Waals surface area contributed by atoms with Gasteiger partial charge in [-0.3, -0.25) is 4.79 Å². The molecule has 3 aliphatic heterocycles. The minimum absolute atomic E-state index is 0.0428. The molecule has 1 aromatic heterocycles. The molecule has 1 aromatic carbocycles. The van der Waals surface area contributed by atoms with E-state index in [1.54, 1.807) is 11.0 Å². The van der Waals surface area contributed by atoms with Crippen molar-refractivity contribution in [3.63, 3.8) is 0 Å². The van der Waals surface area contributed by atoms with Crippen molar-refractivity contribution in [2.75, 3.05) is 44.7 Å². The molecular weight excluding hydrogens is 523 g/mol. The molecule has 1 amide bonds. The van der Waals surface area contributed by atoms with Crippen LogP contribution in [0.25, 0.3) is 0 Å². The molecule has 0 bridgehead atoms. The van der Waals surface area contributed by atoms with Crippen molar-refractivity contribution >= 4 is 11.7 Å². The van der Waals surface area contributed by atoms with Crippen LogP contribution in [0, 0.1) is 24.1 Å². The van der Waals surface area contributed by atoms with Gasteiger partial charge in [0.1, 0.15) is 24.0 Å². The number of likely N-dealkylation sites (N-methyl/N-ethyl adjacent to an activating group) is 1. The molecule has 9 nitrogen and oxygen atoms in total. The van der Waals surface area contributed by atoms with Gasteiger partial charge in [0, 0.05) is 43.0 Å². The quantitative estimate of drug-likeness (QED) is 0.426. The lowest BCUT2D eigenvalue weighted by Gasteiger charge is -2.41. The standard InChI is InChI=1S/C31H39FN6O3/c1-4-29(39)38-17-16-37(19-24(38)13-14-33)30-27(12-11-26-10-8-22-7-9-23(32)18-28(22)41-26)21(2)34-31(35-30)40-20-25-6-5-15-36(25)3/h4,7,9,18,24-26H,1,5-6,8,10-13,15-17,19-20H2,2-3H3/t24?,25?,26-/m0/s1. The van der Waals surface area contributed by atoms with Crippen molar-refractivity contribution in [1.29, 1.82) is 5.26 Å². The van der Waals surface area contributed by atoms with Gasteiger partial charge in [-0.05, 0) is 76.7 Å². The van der Waals surface area contributed by atoms with Crippen LogP contribution >= 0.6 is 0 Å². The Balaban J connectivity index is 1.37. The van der Waals surface area contributed by atoms with Gasteiger partial charge in [-0.2, -0.15) is 10.2 Å². The number of benzene rings is 1. The van der Waals surface area contributed by atoms with Gasteiger partial charge in [0.2, 0.25) is 5.91 Å². The van der Waals surface area contributed by atoms with Gasteiger partial charge in [0.05, 0.1) is 24.6 Å². The lowest BCUT2D eigenvalue weighted by molar-refractivity contribution is -0.128. The molecule has 218 valence electrons. The van der Waals surface area contributed by atoms with Crippen LogP contribution in [-0.4, -0.2) is 83.7 Å².